The highest BCUT2D eigenvalue weighted by molar-refractivity contribution is 7.85. The average molecular weight is 454 g/mol. The van der Waals surface area contributed by atoms with Gasteiger partial charge in [0, 0.05) is 30.4 Å². The van der Waals surface area contributed by atoms with Crippen LogP contribution in [0.5, 0.6) is 0 Å². The monoisotopic (exact) mass is 453 g/mol. The van der Waals surface area contributed by atoms with E-state index in [1.807, 2.05) is 24.3 Å². The molecule has 9 heteroatoms. The van der Waals surface area contributed by atoms with E-state index in [-0.39, 0.29) is 0 Å². The van der Waals surface area contributed by atoms with E-state index in [0.717, 1.165) is 62.3 Å². The van der Waals surface area contributed by atoms with Crippen LogP contribution >= 0.6 is 0 Å². The van der Waals surface area contributed by atoms with E-state index in [9.17, 15) is 8.42 Å². The molecule has 0 radical (unpaired) electrons. The molecule has 1 saturated heterocycles. The van der Waals surface area contributed by atoms with Crippen molar-refractivity contribution in [2.45, 2.75) is 4.90 Å². The van der Waals surface area contributed by atoms with E-state index in [4.69, 9.17) is 0 Å². The van der Waals surface area contributed by atoms with Crippen molar-refractivity contribution in [3.63, 3.8) is 0 Å². The SMILES string of the molecule is C[NH+](C)c1cccc2c(S(=O)(=O)[NH2+]CCN3CC[NH2+]CC[NH2+]CC[NH2+]CC3)cccc12. The van der Waals surface area contributed by atoms with Gasteiger partial charge in [0.1, 0.15) is 43.3 Å². The van der Waals surface area contributed by atoms with E-state index in [1.165, 1.54) is 22.7 Å². The van der Waals surface area contributed by atoms with Crippen LogP contribution in [0.2, 0.25) is 0 Å². The van der Waals surface area contributed by atoms with E-state index in [2.05, 4.69) is 41.0 Å². The number of sulfonamides is 1. The summed E-state index contributed by atoms with van der Waals surface area (Å²) in [5, 5.41) is 8.95. The van der Waals surface area contributed by atoms with Crippen LogP contribution in [-0.2, 0) is 10.0 Å². The Kier molecular flexibility index (Phi) is 9.21. The fourth-order valence-corrected chi connectivity index (χ4v) is 5.58. The Balaban J connectivity index is 1.64. The molecule has 2 aromatic carbocycles. The third-order valence-corrected chi connectivity index (χ3v) is 7.60. The number of primary sulfonamides is 1. The van der Waals surface area contributed by atoms with Crippen molar-refractivity contribution in [3.8, 4) is 0 Å². The summed E-state index contributed by atoms with van der Waals surface area (Å²) in [4.78, 5) is 4.01. The molecule has 1 heterocycles. The van der Waals surface area contributed by atoms with Gasteiger partial charge in [0.15, 0.2) is 0 Å². The smallest absolute Gasteiger partial charge is 0.324 e. The number of hydrogen-bond donors (Lipinski definition) is 5. The van der Waals surface area contributed by atoms with E-state index in [0.29, 0.717) is 11.4 Å². The zero-order chi connectivity index (χ0) is 22.1. The molecule has 1 aliphatic heterocycles. The second-order valence-electron chi connectivity index (χ2n) is 8.60. The Hall–Kier alpha value is -1.59. The number of quaternary nitrogens is 5. The number of nitrogens with one attached hydrogen (secondary N) is 1. The Bertz CT molecular complexity index is 923. The maximum Gasteiger partial charge on any atom is 0.324 e. The molecule has 1 aliphatic rings. The number of hydrogen-bond acceptors (Lipinski definition) is 3. The minimum atomic E-state index is -3.45. The van der Waals surface area contributed by atoms with Crippen LogP contribution in [0.15, 0.2) is 41.3 Å². The number of rotatable bonds is 6. The van der Waals surface area contributed by atoms with Crippen molar-refractivity contribution < 1.29 is 34.0 Å². The van der Waals surface area contributed by atoms with Gasteiger partial charge in [-0.05, 0) is 18.2 Å². The fraction of sp³-hybridized carbons (Fsp3) is 0.545. The quantitative estimate of drug-likeness (QED) is 0.302. The van der Waals surface area contributed by atoms with Crippen molar-refractivity contribution in [1.82, 2.24) is 4.90 Å². The molecule has 0 aliphatic carbocycles. The normalized spacial score (nSPS) is 18.0. The van der Waals surface area contributed by atoms with Crippen LogP contribution in [0, 0.1) is 0 Å². The van der Waals surface area contributed by atoms with E-state index < -0.39 is 10.0 Å². The summed E-state index contributed by atoms with van der Waals surface area (Å²) in [5.41, 5.74) is 1.11. The van der Waals surface area contributed by atoms with Crippen LogP contribution in [0.25, 0.3) is 10.8 Å². The molecule has 3 rings (SSSR count). The molecule has 31 heavy (non-hydrogen) atoms. The van der Waals surface area contributed by atoms with Gasteiger partial charge in [-0.25, -0.2) is 4.72 Å². The summed E-state index contributed by atoms with van der Waals surface area (Å²) in [6.45, 7) is 10.1. The van der Waals surface area contributed by atoms with Gasteiger partial charge in [0.05, 0.1) is 27.2 Å². The lowest BCUT2D eigenvalue weighted by Crippen LogP contribution is -3.00. The number of benzene rings is 2. The molecule has 0 aromatic heterocycles. The second-order valence-corrected chi connectivity index (χ2v) is 10.5. The first-order chi connectivity index (χ1) is 15.0. The molecular weight excluding hydrogens is 412 g/mol. The summed E-state index contributed by atoms with van der Waals surface area (Å²) >= 11 is 0. The van der Waals surface area contributed by atoms with Gasteiger partial charge in [-0.15, -0.1) is 0 Å². The first-order valence-corrected chi connectivity index (χ1v) is 13.1. The molecule has 0 atom stereocenters. The number of fused-ring (bicyclic) bond motifs is 1. The topological polar surface area (TPSA) is 108 Å². The highest BCUT2D eigenvalue weighted by Crippen LogP contribution is 2.25. The van der Waals surface area contributed by atoms with Gasteiger partial charge < -0.3 is 20.9 Å². The van der Waals surface area contributed by atoms with Crippen molar-refractivity contribution in [2.75, 3.05) is 79.5 Å². The molecule has 172 valence electrons. The lowest BCUT2D eigenvalue weighted by atomic mass is 10.1. The molecule has 0 spiro atoms. The lowest BCUT2D eigenvalue weighted by Gasteiger charge is -2.20. The lowest BCUT2D eigenvalue weighted by molar-refractivity contribution is -0.785. The van der Waals surface area contributed by atoms with Crippen LogP contribution < -0.4 is 25.6 Å². The zero-order valence-corrected chi connectivity index (χ0v) is 19.8. The molecule has 8 nitrogen and oxygen atoms in total. The summed E-state index contributed by atoms with van der Waals surface area (Å²) in [6.07, 6.45) is 0. The standard InChI is InChI=1S/C22H36N6O2S/c1-27(2)21-7-3-6-20-19(21)5-4-8-22(20)31(29,30)26-15-18-28-16-13-24-11-9-23-10-12-25-14-17-28/h3-8,23-26H,9-18H2,1-2H3/p+5. The predicted molar refractivity (Wildman–Crippen MR) is 122 cm³/mol. The van der Waals surface area contributed by atoms with E-state index in [1.54, 1.807) is 6.07 Å². The van der Waals surface area contributed by atoms with Gasteiger partial charge in [-0.2, -0.15) is 8.42 Å². The van der Waals surface area contributed by atoms with Crippen LogP contribution in [0.1, 0.15) is 0 Å². The molecule has 0 unspecified atom stereocenters. The molecule has 0 bridgehead atoms. The first kappa shape index (κ1) is 24.1. The molecule has 0 amide bonds. The van der Waals surface area contributed by atoms with Crippen LogP contribution in [0.4, 0.5) is 5.69 Å². The highest BCUT2D eigenvalue weighted by atomic mass is 32.2. The highest BCUT2D eigenvalue weighted by Gasteiger charge is 2.23. The van der Waals surface area contributed by atoms with E-state index >= 15 is 0 Å². The third-order valence-electron chi connectivity index (χ3n) is 5.96. The summed E-state index contributed by atoms with van der Waals surface area (Å²) in [6, 6.07) is 11.5. The molecule has 2 aromatic rings. The molecular formula is C22H41N6O2S+5. The maximum absolute atomic E-state index is 13.2. The predicted octanol–water partition coefficient (Wildman–Crippen LogP) is -5.13. The molecule has 0 saturated carbocycles. The maximum atomic E-state index is 13.2. The number of nitrogens with two attached hydrogens (primary N) is 4. The van der Waals surface area contributed by atoms with Crippen molar-refractivity contribution in [1.29, 1.82) is 0 Å². The minimum absolute atomic E-state index is 0.416. The van der Waals surface area contributed by atoms with Gasteiger partial charge in [-0.1, -0.05) is 18.2 Å². The molecule has 1 fully saturated rings. The largest absolute Gasteiger partial charge is 0.341 e. The Morgan fingerprint density at radius 1 is 0.871 bits per heavy atom. The van der Waals surface area contributed by atoms with Crippen LogP contribution in [0.3, 0.4) is 0 Å². The van der Waals surface area contributed by atoms with Gasteiger partial charge in [0.25, 0.3) is 0 Å². The van der Waals surface area contributed by atoms with Gasteiger partial charge in [-0.3, -0.25) is 4.90 Å². The summed E-state index contributed by atoms with van der Waals surface area (Å²) < 4.78 is 27.9. The number of nitrogens with zero attached hydrogens (tertiary/aromatic N) is 1. The zero-order valence-electron chi connectivity index (χ0n) is 19.0. The van der Waals surface area contributed by atoms with Crippen molar-refractivity contribution >= 4 is 26.5 Å². The Morgan fingerprint density at radius 3 is 2.10 bits per heavy atom. The van der Waals surface area contributed by atoms with Crippen LogP contribution in [-0.4, -0.2) is 92.9 Å². The van der Waals surface area contributed by atoms with Crippen molar-refractivity contribution in [3.05, 3.63) is 36.4 Å². The third kappa shape index (κ3) is 6.95. The summed E-state index contributed by atoms with van der Waals surface area (Å²) in [5.74, 6) is 0. The minimum Gasteiger partial charge on any atom is -0.341 e. The second kappa shape index (κ2) is 11.9. The van der Waals surface area contributed by atoms with Crippen molar-refractivity contribution in [2.24, 2.45) is 0 Å². The summed E-state index contributed by atoms with van der Waals surface area (Å²) in [7, 11) is 0.673. The Morgan fingerprint density at radius 2 is 1.45 bits per heavy atom. The van der Waals surface area contributed by atoms with Gasteiger partial charge >= 0.3 is 10.0 Å². The average Bonchev–Trinajstić information content (AvgIpc) is 2.74. The fourth-order valence-electron chi connectivity index (χ4n) is 4.23. The Labute approximate surface area is 186 Å². The first-order valence-electron chi connectivity index (χ1n) is 11.6. The van der Waals surface area contributed by atoms with Gasteiger partial charge in [0.2, 0.25) is 0 Å². The molecule has 9 N–H and O–H groups in total.